The number of carbonyl (C=O) groups is 1. The SMILES string of the molecule is COC(=O)C1N(c2cccnc2)C1(C(C)C)C(C)C. The normalized spacial score (nSPS) is 20.8. The monoisotopic (exact) mass is 262 g/mol. The molecule has 0 bridgehead atoms. The van der Waals surface area contributed by atoms with Crippen molar-refractivity contribution in [2.75, 3.05) is 12.0 Å². The number of aromatic nitrogens is 1. The van der Waals surface area contributed by atoms with Crippen LogP contribution in [0.4, 0.5) is 5.69 Å². The number of methoxy groups -OCH3 is 1. The van der Waals surface area contributed by atoms with Crippen LogP contribution < -0.4 is 4.90 Å². The number of rotatable bonds is 4. The molecule has 1 atom stereocenters. The van der Waals surface area contributed by atoms with Crippen molar-refractivity contribution in [1.82, 2.24) is 4.98 Å². The molecule has 1 saturated heterocycles. The molecule has 104 valence electrons. The molecule has 1 fully saturated rings. The van der Waals surface area contributed by atoms with Crippen LogP contribution >= 0.6 is 0 Å². The Labute approximate surface area is 114 Å². The van der Waals surface area contributed by atoms with Crippen LogP contribution in [0.2, 0.25) is 0 Å². The molecule has 1 aromatic heterocycles. The van der Waals surface area contributed by atoms with Gasteiger partial charge in [-0.15, -0.1) is 0 Å². The van der Waals surface area contributed by atoms with E-state index in [-0.39, 0.29) is 17.6 Å². The van der Waals surface area contributed by atoms with Crippen LogP contribution in [0.3, 0.4) is 0 Å². The standard InChI is InChI=1S/C15H22N2O2/c1-10(2)15(11(3)4)13(14(18)19-5)17(15)12-7-6-8-16-9-12/h6-11,13H,1-5H3. The zero-order chi connectivity index (χ0) is 14.2. The molecule has 1 unspecified atom stereocenters. The zero-order valence-electron chi connectivity index (χ0n) is 12.3. The second kappa shape index (κ2) is 4.83. The highest BCUT2D eigenvalue weighted by molar-refractivity contribution is 5.90. The van der Waals surface area contributed by atoms with E-state index in [1.165, 1.54) is 7.11 Å². The van der Waals surface area contributed by atoms with Crippen LogP contribution in [0.25, 0.3) is 0 Å². The molecule has 4 heteroatoms. The third kappa shape index (κ3) is 1.90. The van der Waals surface area contributed by atoms with E-state index in [0.717, 1.165) is 5.69 Å². The third-order valence-electron chi connectivity index (χ3n) is 4.24. The Balaban J connectivity index is 2.44. The maximum Gasteiger partial charge on any atom is 0.331 e. The van der Waals surface area contributed by atoms with E-state index < -0.39 is 0 Å². The van der Waals surface area contributed by atoms with E-state index >= 15 is 0 Å². The van der Waals surface area contributed by atoms with Crippen molar-refractivity contribution < 1.29 is 9.53 Å². The molecule has 0 radical (unpaired) electrons. The van der Waals surface area contributed by atoms with E-state index in [4.69, 9.17) is 4.74 Å². The molecular formula is C15H22N2O2. The van der Waals surface area contributed by atoms with Crippen LogP contribution in [-0.4, -0.2) is 29.6 Å². The minimum atomic E-state index is -0.207. The van der Waals surface area contributed by atoms with Crippen molar-refractivity contribution in [3.8, 4) is 0 Å². The largest absolute Gasteiger partial charge is 0.467 e. The first-order valence-corrected chi connectivity index (χ1v) is 6.75. The van der Waals surface area contributed by atoms with Crippen molar-refractivity contribution in [2.45, 2.75) is 39.3 Å². The molecule has 0 saturated carbocycles. The summed E-state index contributed by atoms with van der Waals surface area (Å²) in [6, 6.07) is 3.68. The minimum Gasteiger partial charge on any atom is -0.467 e. The Morgan fingerprint density at radius 2 is 2.00 bits per heavy atom. The summed E-state index contributed by atoms with van der Waals surface area (Å²) in [6.45, 7) is 8.64. The summed E-state index contributed by atoms with van der Waals surface area (Å²) in [5.74, 6) is 0.555. The number of hydrogen-bond acceptors (Lipinski definition) is 4. The summed E-state index contributed by atoms with van der Waals surface area (Å²) >= 11 is 0. The first kappa shape index (κ1) is 13.8. The maximum absolute atomic E-state index is 12.1. The average molecular weight is 262 g/mol. The van der Waals surface area contributed by atoms with Crippen LogP contribution in [0.5, 0.6) is 0 Å². The maximum atomic E-state index is 12.1. The lowest BCUT2D eigenvalue weighted by Gasteiger charge is -2.26. The van der Waals surface area contributed by atoms with Crippen LogP contribution in [0, 0.1) is 11.8 Å². The van der Waals surface area contributed by atoms with Gasteiger partial charge in [0.2, 0.25) is 0 Å². The molecule has 1 aliphatic heterocycles. The van der Waals surface area contributed by atoms with Crippen molar-refractivity contribution in [3.05, 3.63) is 24.5 Å². The molecule has 0 amide bonds. The number of anilines is 1. The van der Waals surface area contributed by atoms with Crippen molar-refractivity contribution >= 4 is 11.7 Å². The van der Waals surface area contributed by atoms with Crippen molar-refractivity contribution in [1.29, 1.82) is 0 Å². The molecule has 2 heterocycles. The summed E-state index contributed by atoms with van der Waals surface area (Å²) < 4.78 is 4.98. The molecule has 19 heavy (non-hydrogen) atoms. The molecule has 0 aromatic carbocycles. The molecule has 0 aliphatic carbocycles. The Kier molecular flexibility index (Phi) is 3.52. The Morgan fingerprint density at radius 3 is 2.42 bits per heavy atom. The average Bonchev–Trinajstić information content (AvgIpc) is 3.10. The molecule has 1 aliphatic rings. The van der Waals surface area contributed by atoms with Gasteiger partial charge in [-0.3, -0.25) is 4.98 Å². The second-order valence-electron chi connectivity index (χ2n) is 5.70. The lowest BCUT2D eigenvalue weighted by atomic mass is 9.81. The summed E-state index contributed by atoms with van der Waals surface area (Å²) in [7, 11) is 1.45. The number of carbonyl (C=O) groups excluding carboxylic acids is 1. The van der Waals surface area contributed by atoms with Gasteiger partial charge in [0.25, 0.3) is 0 Å². The predicted octanol–water partition coefficient (Wildman–Crippen LogP) is 2.49. The Hall–Kier alpha value is -1.58. The Bertz CT molecular complexity index is 448. The van der Waals surface area contributed by atoms with E-state index in [1.54, 1.807) is 6.20 Å². The van der Waals surface area contributed by atoms with E-state index in [9.17, 15) is 4.79 Å². The number of pyridine rings is 1. The van der Waals surface area contributed by atoms with Crippen molar-refractivity contribution in [3.63, 3.8) is 0 Å². The quantitative estimate of drug-likeness (QED) is 0.617. The fourth-order valence-corrected chi connectivity index (χ4v) is 3.45. The summed E-state index contributed by atoms with van der Waals surface area (Å²) in [6.07, 6.45) is 3.55. The van der Waals surface area contributed by atoms with E-state index in [0.29, 0.717) is 11.8 Å². The van der Waals surface area contributed by atoms with Gasteiger partial charge >= 0.3 is 5.97 Å². The van der Waals surface area contributed by atoms with Gasteiger partial charge in [-0.1, -0.05) is 27.7 Å². The lowest BCUT2D eigenvalue weighted by molar-refractivity contribution is -0.140. The summed E-state index contributed by atoms with van der Waals surface area (Å²) in [5.41, 5.74) is 0.816. The fraction of sp³-hybridized carbons (Fsp3) is 0.600. The third-order valence-corrected chi connectivity index (χ3v) is 4.24. The first-order chi connectivity index (χ1) is 8.97. The van der Waals surface area contributed by atoms with Gasteiger partial charge in [-0.2, -0.15) is 0 Å². The highest BCUT2D eigenvalue weighted by Crippen LogP contribution is 2.54. The van der Waals surface area contributed by atoms with Gasteiger partial charge in [0, 0.05) is 6.20 Å². The second-order valence-corrected chi connectivity index (χ2v) is 5.70. The number of ether oxygens (including phenoxy) is 1. The highest BCUT2D eigenvalue weighted by Gasteiger charge is 2.70. The fourth-order valence-electron chi connectivity index (χ4n) is 3.45. The van der Waals surface area contributed by atoms with Crippen molar-refractivity contribution in [2.24, 2.45) is 11.8 Å². The van der Waals surface area contributed by atoms with Crippen LogP contribution in [0.15, 0.2) is 24.5 Å². The van der Waals surface area contributed by atoms with E-state index in [2.05, 4.69) is 37.6 Å². The molecule has 1 aromatic rings. The Morgan fingerprint density at radius 1 is 1.37 bits per heavy atom. The number of esters is 1. The number of hydrogen-bond donors (Lipinski definition) is 0. The predicted molar refractivity (Wildman–Crippen MR) is 74.9 cm³/mol. The first-order valence-electron chi connectivity index (χ1n) is 6.75. The number of nitrogens with zero attached hydrogens (tertiary/aromatic N) is 2. The molecular weight excluding hydrogens is 240 g/mol. The van der Waals surface area contributed by atoms with Gasteiger partial charge in [0.1, 0.15) is 0 Å². The smallest absolute Gasteiger partial charge is 0.331 e. The summed E-state index contributed by atoms with van der Waals surface area (Å²) in [5, 5.41) is 0. The van der Waals surface area contributed by atoms with Gasteiger partial charge in [-0.05, 0) is 24.0 Å². The molecule has 4 nitrogen and oxygen atoms in total. The van der Waals surface area contributed by atoms with Gasteiger partial charge in [-0.25, -0.2) is 4.79 Å². The van der Waals surface area contributed by atoms with Gasteiger partial charge in [0.15, 0.2) is 6.04 Å². The molecule has 0 N–H and O–H groups in total. The van der Waals surface area contributed by atoms with Crippen LogP contribution in [-0.2, 0) is 9.53 Å². The van der Waals surface area contributed by atoms with Gasteiger partial charge < -0.3 is 9.64 Å². The minimum absolute atomic E-state index is 0.161. The highest BCUT2D eigenvalue weighted by atomic mass is 16.5. The molecule has 0 spiro atoms. The summed E-state index contributed by atoms with van der Waals surface area (Å²) in [4.78, 5) is 18.4. The lowest BCUT2D eigenvalue weighted by Crippen LogP contribution is -2.34. The van der Waals surface area contributed by atoms with E-state index in [1.807, 2.05) is 18.3 Å². The molecule has 2 rings (SSSR count). The zero-order valence-corrected chi connectivity index (χ0v) is 12.3. The van der Waals surface area contributed by atoms with Gasteiger partial charge in [0.05, 0.1) is 24.5 Å². The topological polar surface area (TPSA) is 42.2 Å². The van der Waals surface area contributed by atoms with Crippen LogP contribution in [0.1, 0.15) is 27.7 Å².